The number of esters is 1. The first kappa shape index (κ1) is 19.5. The summed E-state index contributed by atoms with van der Waals surface area (Å²) in [6.45, 7) is 1.19. The number of carbonyl (C=O) groups excluding carboxylic acids is 2. The zero-order chi connectivity index (χ0) is 19.4. The van der Waals surface area contributed by atoms with Gasteiger partial charge in [-0.15, -0.1) is 0 Å². The molecule has 2 saturated heterocycles. The molecule has 0 spiro atoms. The maximum Gasteiger partial charge on any atom is 0.401 e. The van der Waals surface area contributed by atoms with Crippen molar-refractivity contribution in [2.75, 3.05) is 44.2 Å². The van der Waals surface area contributed by atoms with Gasteiger partial charge in [-0.2, -0.15) is 13.2 Å². The summed E-state index contributed by atoms with van der Waals surface area (Å²) in [4.78, 5) is 26.8. The van der Waals surface area contributed by atoms with Crippen molar-refractivity contribution in [2.24, 2.45) is 5.92 Å². The molecule has 0 bridgehead atoms. The molecular formula is C18H22F3N3O3. The topological polar surface area (TPSA) is 61.9 Å². The molecule has 0 unspecified atom stereocenters. The number of hydrogen-bond donors (Lipinski definition) is 1. The van der Waals surface area contributed by atoms with Crippen LogP contribution in [0.4, 0.5) is 23.7 Å². The van der Waals surface area contributed by atoms with E-state index in [4.69, 9.17) is 4.74 Å². The van der Waals surface area contributed by atoms with Crippen molar-refractivity contribution in [1.82, 2.24) is 10.2 Å². The number of nitrogens with zero attached hydrogens (tertiary/aromatic N) is 2. The summed E-state index contributed by atoms with van der Waals surface area (Å²) >= 11 is 0. The second-order valence-corrected chi connectivity index (χ2v) is 6.86. The number of rotatable bonds is 5. The average molecular weight is 385 g/mol. The van der Waals surface area contributed by atoms with Gasteiger partial charge in [0.25, 0.3) is 0 Å². The number of nitrogens with one attached hydrogen (secondary N) is 1. The SMILES string of the molecule is O=C(OCC1CCN(CC(F)(F)F)CC1)c1ccc(N2CCNC2=O)cc1. The molecule has 9 heteroatoms. The van der Waals surface area contributed by atoms with E-state index in [1.54, 1.807) is 29.2 Å². The molecule has 0 radical (unpaired) electrons. The molecule has 148 valence electrons. The molecule has 0 aromatic heterocycles. The third-order valence-electron chi connectivity index (χ3n) is 4.83. The highest BCUT2D eigenvalue weighted by Gasteiger charge is 2.32. The lowest BCUT2D eigenvalue weighted by Gasteiger charge is -2.31. The van der Waals surface area contributed by atoms with Crippen molar-refractivity contribution < 1.29 is 27.5 Å². The van der Waals surface area contributed by atoms with Crippen molar-refractivity contribution in [2.45, 2.75) is 19.0 Å². The second-order valence-electron chi connectivity index (χ2n) is 6.86. The fraction of sp³-hybridized carbons (Fsp3) is 0.556. The van der Waals surface area contributed by atoms with Crippen molar-refractivity contribution in [3.8, 4) is 0 Å². The van der Waals surface area contributed by atoms with Crippen molar-refractivity contribution in [3.63, 3.8) is 0 Å². The Morgan fingerprint density at radius 1 is 1.15 bits per heavy atom. The Bertz CT molecular complexity index is 671. The van der Waals surface area contributed by atoms with Crippen LogP contribution in [0.5, 0.6) is 0 Å². The lowest BCUT2D eigenvalue weighted by atomic mass is 9.98. The maximum absolute atomic E-state index is 12.4. The van der Waals surface area contributed by atoms with Gasteiger partial charge in [-0.1, -0.05) is 0 Å². The van der Waals surface area contributed by atoms with Gasteiger partial charge < -0.3 is 10.1 Å². The van der Waals surface area contributed by atoms with Crippen LogP contribution in [0.25, 0.3) is 0 Å². The van der Waals surface area contributed by atoms with E-state index in [1.807, 2.05) is 0 Å². The highest BCUT2D eigenvalue weighted by Crippen LogP contribution is 2.23. The van der Waals surface area contributed by atoms with Gasteiger partial charge in [-0.05, 0) is 56.1 Å². The number of halogens is 3. The summed E-state index contributed by atoms with van der Waals surface area (Å²) in [6.07, 6.45) is -3.03. The number of hydrogen-bond acceptors (Lipinski definition) is 4. The predicted octanol–water partition coefficient (Wildman–Crippen LogP) is 2.65. The number of urea groups is 1. The summed E-state index contributed by atoms with van der Waals surface area (Å²) < 4.78 is 42.5. The Hall–Kier alpha value is -2.29. The van der Waals surface area contributed by atoms with Crippen molar-refractivity contribution in [1.29, 1.82) is 0 Å². The molecule has 0 aliphatic carbocycles. The van der Waals surface area contributed by atoms with Crippen LogP contribution in [0.1, 0.15) is 23.2 Å². The molecular weight excluding hydrogens is 363 g/mol. The lowest BCUT2D eigenvalue weighted by molar-refractivity contribution is -0.148. The van der Waals surface area contributed by atoms with Crippen LogP contribution >= 0.6 is 0 Å². The van der Waals surface area contributed by atoms with E-state index in [0.29, 0.717) is 50.3 Å². The summed E-state index contributed by atoms with van der Waals surface area (Å²) in [6, 6.07) is 6.43. The van der Waals surface area contributed by atoms with E-state index in [-0.39, 0.29) is 18.6 Å². The molecule has 2 amide bonds. The van der Waals surface area contributed by atoms with E-state index in [1.165, 1.54) is 4.90 Å². The molecule has 6 nitrogen and oxygen atoms in total. The van der Waals surface area contributed by atoms with Crippen LogP contribution in [-0.2, 0) is 4.74 Å². The number of benzene rings is 1. The van der Waals surface area contributed by atoms with Gasteiger partial charge in [0.05, 0.1) is 18.7 Å². The van der Waals surface area contributed by atoms with Gasteiger partial charge in [0.1, 0.15) is 0 Å². The minimum atomic E-state index is -4.18. The smallest absolute Gasteiger partial charge is 0.401 e. The quantitative estimate of drug-likeness (QED) is 0.792. The number of amides is 2. The highest BCUT2D eigenvalue weighted by atomic mass is 19.4. The zero-order valence-electron chi connectivity index (χ0n) is 14.8. The van der Waals surface area contributed by atoms with E-state index in [2.05, 4.69) is 5.32 Å². The van der Waals surface area contributed by atoms with Crippen LogP contribution in [0.2, 0.25) is 0 Å². The Balaban J connectivity index is 1.44. The maximum atomic E-state index is 12.4. The monoisotopic (exact) mass is 385 g/mol. The number of alkyl halides is 3. The van der Waals surface area contributed by atoms with E-state index in [9.17, 15) is 22.8 Å². The lowest BCUT2D eigenvalue weighted by Crippen LogP contribution is -2.40. The van der Waals surface area contributed by atoms with Gasteiger partial charge in [-0.25, -0.2) is 9.59 Å². The molecule has 2 fully saturated rings. The van der Waals surface area contributed by atoms with Gasteiger partial charge in [0.15, 0.2) is 0 Å². The first-order valence-electron chi connectivity index (χ1n) is 8.93. The van der Waals surface area contributed by atoms with E-state index in [0.717, 1.165) is 0 Å². The molecule has 1 aromatic carbocycles. The van der Waals surface area contributed by atoms with Crippen LogP contribution in [0, 0.1) is 5.92 Å². The molecule has 1 N–H and O–H groups in total. The van der Waals surface area contributed by atoms with Crippen LogP contribution < -0.4 is 10.2 Å². The summed E-state index contributed by atoms with van der Waals surface area (Å²) in [7, 11) is 0. The third-order valence-corrected chi connectivity index (χ3v) is 4.83. The van der Waals surface area contributed by atoms with Gasteiger partial charge >= 0.3 is 18.2 Å². The van der Waals surface area contributed by atoms with Gasteiger partial charge in [0.2, 0.25) is 0 Å². The molecule has 0 saturated carbocycles. The molecule has 3 rings (SSSR count). The fourth-order valence-electron chi connectivity index (χ4n) is 3.34. The van der Waals surface area contributed by atoms with Gasteiger partial charge in [0, 0.05) is 18.8 Å². The third kappa shape index (κ3) is 5.35. The summed E-state index contributed by atoms with van der Waals surface area (Å²) in [5, 5.41) is 2.71. The molecule has 2 heterocycles. The Morgan fingerprint density at radius 3 is 2.37 bits per heavy atom. The van der Waals surface area contributed by atoms with E-state index >= 15 is 0 Å². The minimum absolute atomic E-state index is 0.0750. The van der Waals surface area contributed by atoms with Crippen LogP contribution in [0.15, 0.2) is 24.3 Å². The van der Waals surface area contributed by atoms with Crippen molar-refractivity contribution >= 4 is 17.7 Å². The largest absolute Gasteiger partial charge is 0.462 e. The second kappa shape index (κ2) is 8.16. The fourth-order valence-corrected chi connectivity index (χ4v) is 3.34. The zero-order valence-corrected chi connectivity index (χ0v) is 14.8. The Kier molecular flexibility index (Phi) is 5.88. The van der Waals surface area contributed by atoms with E-state index < -0.39 is 18.7 Å². The molecule has 1 aromatic rings. The van der Waals surface area contributed by atoms with Crippen LogP contribution in [0.3, 0.4) is 0 Å². The number of likely N-dealkylation sites (tertiary alicyclic amines) is 1. The summed E-state index contributed by atoms with van der Waals surface area (Å²) in [5.74, 6) is -0.392. The number of anilines is 1. The molecule has 27 heavy (non-hydrogen) atoms. The Morgan fingerprint density at radius 2 is 1.81 bits per heavy atom. The summed E-state index contributed by atoms with van der Waals surface area (Å²) in [5.41, 5.74) is 1.09. The standard InChI is InChI=1S/C18H22F3N3O3/c19-18(20,21)12-23-8-5-13(6-9-23)11-27-16(25)14-1-3-15(4-2-14)24-10-7-22-17(24)26/h1-4,13H,5-12H2,(H,22,26). The average Bonchev–Trinajstić information content (AvgIpc) is 3.06. The number of piperidine rings is 1. The molecule has 2 aliphatic heterocycles. The normalized spacial score (nSPS) is 19.2. The Labute approximate surface area is 155 Å². The molecule has 2 aliphatic rings. The first-order valence-corrected chi connectivity index (χ1v) is 8.93. The van der Waals surface area contributed by atoms with Crippen molar-refractivity contribution in [3.05, 3.63) is 29.8 Å². The van der Waals surface area contributed by atoms with Crippen LogP contribution in [-0.4, -0.2) is 62.4 Å². The first-order chi connectivity index (χ1) is 12.8. The molecule has 0 atom stereocenters. The van der Waals surface area contributed by atoms with Gasteiger partial charge in [-0.3, -0.25) is 9.80 Å². The highest BCUT2D eigenvalue weighted by molar-refractivity contribution is 5.95. The predicted molar refractivity (Wildman–Crippen MR) is 92.7 cm³/mol. The number of ether oxygens (including phenoxy) is 1. The minimum Gasteiger partial charge on any atom is -0.462 e. The number of carbonyl (C=O) groups is 2.